The summed E-state index contributed by atoms with van der Waals surface area (Å²) in [5, 5.41) is 2.85. The van der Waals surface area contributed by atoms with Crippen LogP contribution in [-0.4, -0.2) is 38.9 Å². The van der Waals surface area contributed by atoms with E-state index in [2.05, 4.69) is 10.8 Å². The highest BCUT2D eigenvalue weighted by Gasteiger charge is 2.49. The molecule has 1 aromatic carbocycles. The third-order valence-corrected chi connectivity index (χ3v) is 10.6. The number of anilines is 1. The molecule has 2 aliphatic rings. The van der Waals surface area contributed by atoms with Crippen molar-refractivity contribution in [2.75, 3.05) is 17.7 Å². The van der Waals surface area contributed by atoms with Gasteiger partial charge in [-0.25, -0.2) is 18.7 Å². The second-order valence-electron chi connectivity index (χ2n) is 9.03. The number of amides is 2. The van der Waals surface area contributed by atoms with E-state index in [0.29, 0.717) is 42.9 Å². The quantitative estimate of drug-likeness (QED) is 0.495. The lowest BCUT2D eigenvalue weighted by molar-refractivity contribution is -0.200. The van der Waals surface area contributed by atoms with Crippen LogP contribution in [0.1, 0.15) is 63.2 Å². The van der Waals surface area contributed by atoms with Gasteiger partial charge in [0.15, 0.2) is 16.1 Å². The van der Waals surface area contributed by atoms with E-state index in [0.717, 1.165) is 29.7 Å². The number of nitrogens with one attached hydrogen (secondary N) is 2. The molecule has 0 spiro atoms. The highest BCUT2D eigenvalue weighted by Crippen LogP contribution is 2.47. The first kappa shape index (κ1) is 25.8. The van der Waals surface area contributed by atoms with Gasteiger partial charge in [0, 0.05) is 34.9 Å². The summed E-state index contributed by atoms with van der Waals surface area (Å²) in [5.41, 5.74) is 4.00. The largest absolute Gasteiger partial charge is 0.350 e. The van der Waals surface area contributed by atoms with Gasteiger partial charge in [0.2, 0.25) is 11.8 Å². The number of hydrogen-bond donors (Lipinski definition) is 2. The van der Waals surface area contributed by atoms with Crippen molar-refractivity contribution >= 4 is 38.7 Å². The Hall–Kier alpha value is -2.27. The van der Waals surface area contributed by atoms with Gasteiger partial charge >= 0.3 is 0 Å². The minimum Gasteiger partial charge on any atom is -0.350 e. The monoisotopic (exact) mass is 520 g/mol. The van der Waals surface area contributed by atoms with Crippen molar-refractivity contribution in [2.45, 2.75) is 69.3 Å². The van der Waals surface area contributed by atoms with E-state index in [9.17, 15) is 18.0 Å². The molecule has 8 nitrogen and oxygen atoms in total. The third kappa shape index (κ3) is 5.94. The first-order valence-electron chi connectivity index (χ1n) is 12.1. The maximum absolute atomic E-state index is 13.4. The standard InChI is InChI=1S/C25H32N2O6S2/c1-2-22(28)26-19-9-7-8-18(16-19)20-11-12-21(34-20)25(13-4-6-15-35(25,30)31)17-23(29)27-33-24-10-3-5-14-32-24/h7-9,11-12,16,24H,2-6,10,13-15,17H2,1H3,(H,26,28)(H,27,29)/t24?,25-/m0/s1. The summed E-state index contributed by atoms with van der Waals surface area (Å²) < 4.78 is 31.0. The number of carbonyl (C=O) groups excluding carboxylic acids is 2. The Kier molecular flexibility index (Phi) is 8.26. The molecule has 2 fully saturated rings. The van der Waals surface area contributed by atoms with Crippen molar-refractivity contribution in [3.05, 3.63) is 41.3 Å². The molecule has 10 heteroatoms. The van der Waals surface area contributed by atoms with Gasteiger partial charge in [0.1, 0.15) is 4.75 Å². The second kappa shape index (κ2) is 11.2. The number of hydrogen-bond acceptors (Lipinski definition) is 7. The van der Waals surface area contributed by atoms with Crippen LogP contribution >= 0.6 is 11.3 Å². The molecular formula is C25H32N2O6S2. The van der Waals surface area contributed by atoms with Crippen LogP contribution in [0.25, 0.3) is 10.4 Å². The van der Waals surface area contributed by atoms with E-state index >= 15 is 0 Å². The zero-order chi connectivity index (χ0) is 24.9. The number of hydroxylamine groups is 1. The molecule has 1 aromatic heterocycles. The van der Waals surface area contributed by atoms with Gasteiger partial charge in [0.05, 0.1) is 12.2 Å². The van der Waals surface area contributed by atoms with E-state index in [1.807, 2.05) is 36.4 Å². The molecular weight excluding hydrogens is 488 g/mol. The fraction of sp³-hybridized carbons (Fsp3) is 0.520. The summed E-state index contributed by atoms with van der Waals surface area (Å²) in [7, 11) is -3.57. The summed E-state index contributed by atoms with van der Waals surface area (Å²) in [6.45, 7) is 2.37. The Morgan fingerprint density at radius 3 is 2.74 bits per heavy atom. The van der Waals surface area contributed by atoms with Gasteiger partial charge in [-0.3, -0.25) is 9.59 Å². The molecule has 2 aromatic rings. The van der Waals surface area contributed by atoms with Gasteiger partial charge < -0.3 is 10.1 Å². The van der Waals surface area contributed by atoms with Crippen molar-refractivity contribution in [1.82, 2.24) is 5.48 Å². The summed E-state index contributed by atoms with van der Waals surface area (Å²) >= 11 is 1.38. The van der Waals surface area contributed by atoms with Crippen molar-refractivity contribution in [2.24, 2.45) is 0 Å². The third-order valence-electron chi connectivity index (χ3n) is 6.53. The fourth-order valence-corrected chi connectivity index (χ4v) is 8.36. The van der Waals surface area contributed by atoms with E-state index in [1.54, 1.807) is 6.92 Å². The molecule has 2 aliphatic heterocycles. The van der Waals surface area contributed by atoms with Crippen molar-refractivity contribution in [3.63, 3.8) is 0 Å². The van der Waals surface area contributed by atoms with Crippen LogP contribution in [0.2, 0.25) is 0 Å². The Morgan fingerprint density at radius 2 is 2.00 bits per heavy atom. The molecule has 2 amide bonds. The molecule has 2 N–H and O–H groups in total. The smallest absolute Gasteiger partial charge is 0.245 e. The molecule has 0 saturated carbocycles. The van der Waals surface area contributed by atoms with Crippen LogP contribution in [0.15, 0.2) is 36.4 Å². The summed E-state index contributed by atoms with van der Waals surface area (Å²) in [6, 6.07) is 11.2. The Morgan fingerprint density at radius 1 is 1.14 bits per heavy atom. The minimum absolute atomic E-state index is 0.0542. The number of benzene rings is 1. The maximum atomic E-state index is 13.4. The van der Waals surface area contributed by atoms with Gasteiger partial charge in [-0.1, -0.05) is 25.5 Å². The summed E-state index contributed by atoms with van der Waals surface area (Å²) in [4.78, 5) is 31.6. The van der Waals surface area contributed by atoms with Crippen LogP contribution in [-0.2, 0) is 33.7 Å². The van der Waals surface area contributed by atoms with Crippen LogP contribution < -0.4 is 10.8 Å². The number of thiophene rings is 1. The molecule has 0 radical (unpaired) electrons. The maximum Gasteiger partial charge on any atom is 0.245 e. The summed E-state index contributed by atoms with van der Waals surface area (Å²) in [6.07, 6.45) is 4.00. The van der Waals surface area contributed by atoms with Crippen LogP contribution in [0, 0.1) is 0 Å². The van der Waals surface area contributed by atoms with Gasteiger partial charge in [0.25, 0.3) is 0 Å². The lowest BCUT2D eigenvalue weighted by Gasteiger charge is -2.35. The molecule has 1 unspecified atom stereocenters. The Labute approximate surface area is 210 Å². The van der Waals surface area contributed by atoms with E-state index in [-0.39, 0.29) is 18.1 Å². The van der Waals surface area contributed by atoms with Crippen molar-refractivity contribution in [1.29, 1.82) is 0 Å². The van der Waals surface area contributed by atoms with E-state index in [4.69, 9.17) is 9.57 Å². The number of carbonyl (C=O) groups is 2. The molecule has 3 heterocycles. The fourth-order valence-electron chi connectivity index (χ4n) is 4.58. The molecule has 35 heavy (non-hydrogen) atoms. The van der Waals surface area contributed by atoms with Gasteiger partial charge in [-0.15, -0.1) is 11.3 Å². The van der Waals surface area contributed by atoms with Crippen molar-refractivity contribution in [3.8, 4) is 10.4 Å². The number of ether oxygens (including phenoxy) is 1. The second-order valence-corrected chi connectivity index (χ2v) is 12.5. The minimum atomic E-state index is -3.57. The highest BCUT2D eigenvalue weighted by atomic mass is 32.2. The Balaban J connectivity index is 1.57. The van der Waals surface area contributed by atoms with Gasteiger partial charge in [-0.2, -0.15) is 0 Å². The molecule has 2 saturated heterocycles. The molecule has 4 rings (SSSR count). The average molecular weight is 521 g/mol. The zero-order valence-electron chi connectivity index (χ0n) is 19.9. The molecule has 2 atom stereocenters. The summed E-state index contributed by atoms with van der Waals surface area (Å²) in [5.74, 6) is -0.490. The normalized spacial score (nSPS) is 24.0. The number of rotatable bonds is 8. The number of sulfone groups is 1. The average Bonchev–Trinajstić information content (AvgIpc) is 3.36. The van der Waals surface area contributed by atoms with Crippen LogP contribution in [0.5, 0.6) is 0 Å². The Bertz CT molecular complexity index is 1160. The van der Waals surface area contributed by atoms with Crippen LogP contribution in [0.4, 0.5) is 5.69 Å². The van der Waals surface area contributed by atoms with Gasteiger partial charge in [-0.05, 0) is 55.5 Å². The first-order valence-corrected chi connectivity index (χ1v) is 14.6. The van der Waals surface area contributed by atoms with Crippen LogP contribution in [0.3, 0.4) is 0 Å². The zero-order valence-corrected chi connectivity index (χ0v) is 21.5. The predicted octanol–water partition coefficient (Wildman–Crippen LogP) is 4.52. The predicted molar refractivity (Wildman–Crippen MR) is 135 cm³/mol. The topological polar surface area (TPSA) is 111 Å². The highest BCUT2D eigenvalue weighted by molar-refractivity contribution is 7.92. The lowest BCUT2D eigenvalue weighted by Crippen LogP contribution is -2.45. The van der Waals surface area contributed by atoms with E-state index in [1.165, 1.54) is 11.3 Å². The molecule has 0 aliphatic carbocycles. The SMILES string of the molecule is CCC(=O)Nc1cccc(-c2ccc([C@@]3(CC(=O)NOC4CCCCO4)CCCCS3(=O)=O)s2)c1. The van der Waals surface area contributed by atoms with Crippen molar-refractivity contribution < 1.29 is 27.6 Å². The lowest BCUT2D eigenvalue weighted by atomic mass is 9.94. The molecule has 190 valence electrons. The van der Waals surface area contributed by atoms with E-state index < -0.39 is 26.8 Å². The molecule has 0 bridgehead atoms. The first-order chi connectivity index (χ1) is 16.8.